The summed E-state index contributed by atoms with van der Waals surface area (Å²) in [5.41, 5.74) is 5.68. The van der Waals surface area contributed by atoms with Gasteiger partial charge in [-0.05, 0) is 25.7 Å². The highest BCUT2D eigenvalue weighted by molar-refractivity contribution is 5.81. The van der Waals surface area contributed by atoms with Crippen LogP contribution in [-0.4, -0.2) is 29.7 Å². The minimum absolute atomic E-state index is 0.0828. The number of hydrogen-bond donors (Lipinski definition) is 3. The van der Waals surface area contributed by atoms with Crippen molar-refractivity contribution in [1.29, 1.82) is 0 Å². The van der Waals surface area contributed by atoms with Gasteiger partial charge < -0.3 is 16.2 Å². The topological polar surface area (TPSA) is 75.3 Å². The molecule has 0 spiro atoms. The molecule has 4 N–H and O–H groups in total. The number of nitrogens with two attached hydrogens (primary N) is 1. The lowest BCUT2D eigenvalue weighted by atomic mass is 10.0. The predicted molar refractivity (Wildman–Crippen MR) is 56.7 cm³/mol. The van der Waals surface area contributed by atoms with Crippen LogP contribution in [0.1, 0.15) is 33.6 Å². The number of aliphatic hydroxyl groups is 1. The number of nitrogens with one attached hydrogen (secondary N) is 1. The highest BCUT2D eigenvalue weighted by Crippen LogP contribution is 2.00. The lowest BCUT2D eigenvalue weighted by molar-refractivity contribution is -0.123. The summed E-state index contributed by atoms with van der Waals surface area (Å²) in [7, 11) is 0. The molecule has 14 heavy (non-hydrogen) atoms. The van der Waals surface area contributed by atoms with Gasteiger partial charge in [-0.2, -0.15) is 0 Å². The van der Waals surface area contributed by atoms with E-state index in [9.17, 15) is 4.79 Å². The molecule has 4 heteroatoms. The first-order valence-electron chi connectivity index (χ1n) is 5.15. The molecule has 0 bridgehead atoms. The van der Waals surface area contributed by atoms with Crippen LogP contribution < -0.4 is 11.1 Å². The van der Waals surface area contributed by atoms with Crippen LogP contribution in [-0.2, 0) is 4.79 Å². The van der Waals surface area contributed by atoms with Gasteiger partial charge in [0, 0.05) is 12.6 Å². The van der Waals surface area contributed by atoms with E-state index in [1.165, 1.54) is 0 Å². The third-order valence-electron chi connectivity index (χ3n) is 2.20. The first-order chi connectivity index (χ1) is 6.49. The second-order valence-corrected chi connectivity index (χ2v) is 4.05. The summed E-state index contributed by atoms with van der Waals surface area (Å²) in [6.07, 6.45) is 1.49. The van der Waals surface area contributed by atoms with Crippen LogP contribution in [0.5, 0.6) is 0 Å². The molecular weight excluding hydrogens is 180 g/mol. The standard InChI is InChI=1S/C10H22N2O2/c1-7(2)9(11)10(14)12-8(3)5-4-6-13/h7-9,13H,4-6,11H2,1-3H3,(H,12,14)/t8?,9-/m1/s1. The lowest BCUT2D eigenvalue weighted by Crippen LogP contribution is -2.47. The normalized spacial score (nSPS) is 15.3. The summed E-state index contributed by atoms with van der Waals surface area (Å²) >= 11 is 0. The maximum absolute atomic E-state index is 11.5. The smallest absolute Gasteiger partial charge is 0.237 e. The fourth-order valence-corrected chi connectivity index (χ4v) is 1.11. The Morgan fingerprint density at radius 1 is 1.43 bits per heavy atom. The molecule has 4 nitrogen and oxygen atoms in total. The zero-order valence-corrected chi connectivity index (χ0v) is 9.29. The lowest BCUT2D eigenvalue weighted by Gasteiger charge is -2.19. The molecule has 0 heterocycles. The summed E-state index contributed by atoms with van der Waals surface area (Å²) in [5.74, 6) is 0.0467. The van der Waals surface area contributed by atoms with E-state index in [4.69, 9.17) is 10.8 Å². The van der Waals surface area contributed by atoms with Crippen molar-refractivity contribution in [1.82, 2.24) is 5.32 Å². The van der Waals surface area contributed by atoms with Gasteiger partial charge in [-0.25, -0.2) is 0 Å². The summed E-state index contributed by atoms with van der Waals surface area (Å²) in [6, 6.07) is -0.356. The van der Waals surface area contributed by atoms with E-state index in [2.05, 4.69) is 5.32 Å². The van der Waals surface area contributed by atoms with Crippen LogP contribution in [0.2, 0.25) is 0 Å². The number of amides is 1. The zero-order chi connectivity index (χ0) is 11.1. The monoisotopic (exact) mass is 202 g/mol. The van der Waals surface area contributed by atoms with Crippen LogP contribution >= 0.6 is 0 Å². The molecule has 0 aromatic carbocycles. The molecule has 2 atom stereocenters. The van der Waals surface area contributed by atoms with E-state index in [-0.39, 0.29) is 24.5 Å². The van der Waals surface area contributed by atoms with Crippen LogP contribution in [0.15, 0.2) is 0 Å². The molecule has 0 aliphatic rings. The maximum atomic E-state index is 11.5. The third kappa shape index (κ3) is 5.19. The van der Waals surface area contributed by atoms with Crippen LogP contribution in [0.3, 0.4) is 0 Å². The molecule has 0 aliphatic carbocycles. The highest BCUT2D eigenvalue weighted by atomic mass is 16.2. The largest absolute Gasteiger partial charge is 0.396 e. The molecule has 0 radical (unpaired) electrons. The summed E-state index contributed by atoms with van der Waals surface area (Å²) in [4.78, 5) is 11.5. The predicted octanol–water partition coefficient (Wildman–Crippen LogP) is 0.247. The number of carbonyl (C=O) groups excluding carboxylic acids is 1. The number of aliphatic hydroxyl groups excluding tert-OH is 1. The number of rotatable bonds is 6. The molecule has 0 saturated carbocycles. The quantitative estimate of drug-likeness (QED) is 0.578. The van der Waals surface area contributed by atoms with Crippen LogP contribution in [0.25, 0.3) is 0 Å². The van der Waals surface area contributed by atoms with E-state index < -0.39 is 6.04 Å². The Labute approximate surface area is 85.9 Å². The molecule has 0 fully saturated rings. The van der Waals surface area contributed by atoms with E-state index in [1.54, 1.807) is 0 Å². The molecule has 0 aromatic rings. The Kier molecular flexibility index (Phi) is 6.49. The first-order valence-corrected chi connectivity index (χ1v) is 5.15. The van der Waals surface area contributed by atoms with Crippen LogP contribution in [0.4, 0.5) is 0 Å². The van der Waals surface area contributed by atoms with Crippen molar-refractivity contribution in [2.45, 2.75) is 45.7 Å². The van der Waals surface area contributed by atoms with Crippen molar-refractivity contribution in [2.75, 3.05) is 6.61 Å². The zero-order valence-electron chi connectivity index (χ0n) is 9.29. The Morgan fingerprint density at radius 3 is 2.43 bits per heavy atom. The number of carbonyl (C=O) groups is 1. The Balaban J connectivity index is 3.81. The van der Waals surface area contributed by atoms with Crippen molar-refractivity contribution in [2.24, 2.45) is 11.7 Å². The maximum Gasteiger partial charge on any atom is 0.237 e. The minimum atomic E-state index is -0.438. The van der Waals surface area contributed by atoms with Gasteiger partial charge in [-0.1, -0.05) is 13.8 Å². The Morgan fingerprint density at radius 2 is 2.00 bits per heavy atom. The van der Waals surface area contributed by atoms with Gasteiger partial charge in [0.25, 0.3) is 0 Å². The van der Waals surface area contributed by atoms with Gasteiger partial charge in [-0.3, -0.25) is 4.79 Å². The molecule has 84 valence electrons. The molecule has 0 aromatic heterocycles. The molecular formula is C10H22N2O2. The molecule has 0 saturated heterocycles. The van der Waals surface area contributed by atoms with Gasteiger partial charge in [-0.15, -0.1) is 0 Å². The first kappa shape index (κ1) is 13.4. The fourth-order valence-electron chi connectivity index (χ4n) is 1.11. The van der Waals surface area contributed by atoms with Crippen molar-refractivity contribution in [3.05, 3.63) is 0 Å². The molecule has 0 rings (SSSR count). The van der Waals surface area contributed by atoms with Gasteiger partial charge in [0.05, 0.1) is 6.04 Å². The minimum Gasteiger partial charge on any atom is -0.396 e. The van der Waals surface area contributed by atoms with Gasteiger partial charge >= 0.3 is 0 Å². The average Bonchev–Trinajstić information content (AvgIpc) is 2.13. The van der Waals surface area contributed by atoms with Crippen molar-refractivity contribution < 1.29 is 9.90 Å². The summed E-state index contributed by atoms with van der Waals surface area (Å²) < 4.78 is 0. The number of hydrogen-bond acceptors (Lipinski definition) is 3. The second kappa shape index (κ2) is 6.79. The average molecular weight is 202 g/mol. The van der Waals surface area contributed by atoms with Gasteiger partial charge in [0.2, 0.25) is 5.91 Å². The Hall–Kier alpha value is -0.610. The van der Waals surface area contributed by atoms with E-state index in [1.807, 2.05) is 20.8 Å². The van der Waals surface area contributed by atoms with E-state index >= 15 is 0 Å². The third-order valence-corrected chi connectivity index (χ3v) is 2.20. The summed E-state index contributed by atoms with van der Waals surface area (Å²) in [6.45, 7) is 5.92. The van der Waals surface area contributed by atoms with Gasteiger partial charge in [0.1, 0.15) is 0 Å². The van der Waals surface area contributed by atoms with E-state index in [0.29, 0.717) is 6.42 Å². The van der Waals surface area contributed by atoms with Crippen molar-refractivity contribution >= 4 is 5.91 Å². The van der Waals surface area contributed by atoms with Crippen molar-refractivity contribution in [3.8, 4) is 0 Å². The van der Waals surface area contributed by atoms with Crippen molar-refractivity contribution in [3.63, 3.8) is 0 Å². The molecule has 1 amide bonds. The molecule has 0 aliphatic heterocycles. The fraction of sp³-hybridized carbons (Fsp3) is 0.900. The van der Waals surface area contributed by atoms with E-state index in [0.717, 1.165) is 6.42 Å². The second-order valence-electron chi connectivity index (χ2n) is 4.05. The highest BCUT2D eigenvalue weighted by Gasteiger charge is 2.18. The molecule has 1 unspecified atom stereocenters. The van der Waals surface area contributed by atoms with Crippen LogP contribution in [0, 0.1) is 5.92 Å². The van der Waals surface area contributed by atoms with Gasteiger partial charge in [0.15, 0.2) is 0 Å². The SMILES string of the molecule is CC(CCCO)NC(=O)[C@H](N)C(C)C. The summed E-state index contributed by atoms with van der Waals surface area (Å²) in [5, 5.41) is 11.4. The Bertz CT molecular complexity index is 172.